The van der Waals surface area contributed by atoms with Gasteiger partial charge < -0.3 is 30.8 Å². The summed E-state index contributed by atoms with van der Waals surface area (Å²) in [6.07, 6.45) is 2.52. The molecule has 0 fully saturated rings. The summed E-state index contributed by atoms with van der Waals surface area (Å²) >= 11 is 0. The fourth-order valence-corrected chi connectivity index (χ4v) is 4.74. The van der Waals surface area contributed by atoms with Gasteiger partial charge in [-0.15, -0.1) is 0 Å². The molecule has 0 bridgehead atoms. The number of benzene rings is 2. The highest BCUT2D eigenvalue weighted by Crippen LogP contribution is 2.18. The van der Waals surface area contributed by atoms with Crippen LogP contribution in [0.5, 0.6) is 0 Å². The summed E-state index contributed by atoms with van der Waals surface area (Å²) in [5.74, 6) is -5.54. The van der Waals surface area contributed by atoms with Crippen LogP contribution in [0.3, 0.4) is 0 Å². The molecule has 3 rings (SSSR count). The minimum absolute atomic E-state index is 0.0161. The van der Waals surface area contributed by atoms with E-state index in [1.807, 2.05) is 0 Å². The number of carbonyl (C=O) groups is 9. The zero-order valence-electron chi connectivity index (χ0n) is 29.9. The van der Waals surface area contributed by atoms with Crippen molar-refractivity contribution in [1.29, 1.82) is 0 Å². The molecular formula is C36H43N7O10. The number of amides is 7. The monoisotopic (exact) mass is 733 g/mol. The topological polar surface area (TPSA) is 238 Å². The van der Waals surface area contributed by atoms with Crippen LogP contribution in [0.1, 0.15) is 67.3 Å². The summed E-state index contributed by atoms with van der Waals surface area (Å²) in [6.45, 7) is 7.62. The fourth-order valence-electron chi connectivity index (χ4n) is 4.74. The van der Waals surface area contributed by atoms with Crippen molar-refractivity contribution in [1.82, 2.24) is 26.4 Å². The van der Waals surface area contributed by atoms with Crippen LogP contribution in [0.25, 0.3) is 0 Å². The maximum Gasteiger partial charge on any atom is 0.302 e. The van der Waals surface area contributed by atoms with Gasteiger partial charge in [0, 0.05) is 54.5 Å². The zero-order chi connectivity index (χ0) is 39.2. The Kier molecular flexibility index (Phi) is 15.1. The molecule has 1 heterocycles. The van der Waals surface area contributed by atoms with E-state index in [0.717, 1.165) is 17.1 Å². The number of aldehydes is 1. The number of carbonyl (C=O) groups excluding carboxylic acids is 9. The van der Waals surface area contributed by atoms with Crippen molar-refractivity contribution in [2.45, 2.75) is 59.7 Å². The number of anilines is 2. The summed E-state index contributed by atoms with van der Waals surface area (Å²) < 4.78 is 4.93. The largest absolute Gasteiger partial charge is 0.461 e. The van der Waals surface area contributed by atoms with E-state index in [1.165, 1.54) is 25.1 Å². The lowest BCUT2D eigenvalue weighted by Gasteiger charge is -2.22. The van der Waals surface area contributed by atoms with Crippen LogP contribution < -0.4 is 32.1 Å². The number of nitrogens with zero attached hydrogens (tertiary/aromatic N) is 1. The fraction of sp³-hybridized carbons (Fsp3) is 0.361. The lowest BCUT2D eigenvalue weighted by atomic mass is 10.0. The highest BCUT2D eigenvalue weighted by molar-refractivity contribution is 6.13. The van der Waals surface area contributed by atoms with Crippen LogP contribution in [0.15, 0.2) is 54.6 Å². The van der Waals surface area contributed by atoms with Gasteiger partial charge in [-0.3, -0.25) is 48.7 Å². The molecule has 0 aromatic heterocycles. The summed E-state index contributed by atoms with van der Waals surface area (Å²) in [7, 11) is 0. The van der Waals surface area contributed by atoms with Crippen LogP contribution in [-0.2, 0) is 44.9 Å². The minimum atomic E-state index is -1.13. The summed E-state index contributed by atoms with van der Waals surface area (Å²) in [6, 6.07) is 8.47. The standard InChI is InChI=1S/C36H43N7O10/c1-20(2)28(18-44)41-42-35(51)25-14-24(15-27(16-25)39-29(46)12-13-43-31(48)10-11-32(43)49)34(50)40-33(21(3)4)36(52)37-17-30(47)38-26-8-6-23(7-9-26)19-53-22(5)45/h6-11,14-16,18,20-21,28,33,41H,12-13,17,19H2,1-5H3,(H,37,52)(H,38,47)(H,39,46)(H,40,50)(H,42,51)/t28-,33+/m1/s1. The highest BCUT2D eigenvalue weighted by atomic mass is 16.5. The Bertz CT molecular complexity index is 1750. The van der Waals surface area contributed by atoms with E-state index in [9.17, 15) is 43.2 Å². The molecule has 2 atom stereocenters. The Balaban J connectivity index is 1.71. The SMILES string of the molecule is CC(=O)OCc1ccc(NC(=O)CNC(=O)[C@@H](NC(=O)c2cc(NC(=O)CCN3C(=O)C=CC3=O)cc(C(=O)NN[C@H](C=O)C(C)C)c2)C(C)C)cc1. The molecule has 2 aromatic carbocycles. The molecule has 0 aliphatic carbocycles. The van der Waals surface area contributed by atoms with E-state index in [1.54, 1.807) is 52.0 Å². The van der Waals surface area contributed by atoms with Gasteiger partial charge in [-0.2, -0.15) is 0 Å². The van der Waals surface area contributed by atoms with Crippen LogP contribution >= 0.6 is 0 Å². The number of imide groups is 1. The summed E-state index contributed by atoms with van der Waals surface area (Å²) in [5.41, 5.74) is 5.98. The molecule has 0 radical (unpaired) electrons. The summed E-state index contributed by atoms with van der Waals surface area (Å²) in [4.78, 5) is 112. The van der Waals surface area contributed by atoms with Crippen LogP contribution in [0.4, 0.5) is 11.4 Å². The normalized spacial score (nSPS) is 13.3. The van der Waals surface area contributed by atoms with Gasteiger partial charge >= 0.3 is 5.97 Å². The highest BCUT2D eigenvalue weighted by Gasteiger charge is 2.27. The molecule has 0 saturated heterocycles. The quantitative estimate of drug-likeness (QED) is 0.0546. The number of hydrazine groups is 1. The van der Waals surface area contributed by atoms with Crippen molar-refractivity contribution in [2.75, 3.05) is 23.7 Å². The van der Waals surface area contributed by atoms with Crippen LogP contribution in [-0.4, -0.2) is 83.7 Å². The van der Waals surface area contributed by atoms with Gasteiger partial charge in [-0.25, -0.2) is 5.43 Å². The Morgan fingerprint density at radius 3 is 1.96 bits per heavy atom. The van der Waals surface area contributed by atoms with Crippen molar-refractivity contribution < 1.29 is 47.9 Å². The Labute approximate surface area is 305 Å². The van der Waals surface area contributed by atoms with Gasteiger partial charge in [0.2, 0.25) is 17.7 Å². The third-order valence-corrected chi connectivity index (χ3v) is 7.76. The van der Waals surface area contributed by atoms with Crippen molar-refractivity contribution in [3.05, 3.63) is 71.3 Å². The number of ether oxygens (including phenoxy) is 1. The first-order valence-corrected chi connectivity index (χ1v) is 16.7. The molecule has 53 heavy (non-hydrogen) atoms. The van der Waals surface area contributed by atoms with Gasteiger partial charge in [0.05, 0.1) is 12.6 Å². The second-order valence-electron chi connectivity index (χ2n) is 12.7. The van der Waals surface area contributed by atoms with E-state index in [-0.39, 0.29) is 42.3 Å². The first-order chi connectivity index (χ1) is 25.1. The van der Waals surface area contributed by atoms with Crippen molar-refractivity contribution in [2.24, 2.45) is 11.8 Å². The molecular weight excluding hydrogens is 690 g/mol. The van der Waals surface area contributed by atoms with E-state index in [2.05, 4.69) is 32.1 Å². The molecule has 0 spiro atoms. The van der Waals surface area contributed by atoms with E-state index >= 15 is 0 Å². The lowest BCUT2D eigenvalue weighted by Crippen LogP contribution is -2.51. The molecule has 17 heteroatoms. The molecule has 0 saturated carbocycles. The van der Waals surface area contributed by atoms with Gasteiger partial charge in [0.15, 0.2) is 0 Å². The first kappa shape index (κ1) is 41.2. The maximum absolute atomic E-state index is 13.5. The predicted molar refractivity (Wildman–Crippen MR) is 190 cm³/mol. The van der Waals surface area contributed by atoms with Crippen LogP contribution in [0.2, 0.25) is 0 Å². The van der Waals surface area contributed by atoms with E-state index in [4.69, 9.17) is 4.74 Å². The summed E-state index contributed by atoms with van der Waals surface area (Å²) in [5, 5.41) is 10.3. The van der Waals surface area contributed by atoms with Crippen molar-refractivity contribution >= 4 is 65.0 Å². The van der Waals surface area contributed by atoms with Gasteiger partial charge in [0.1, 0.15) is 18.9 Å². The average molecular weight is 734 g/mol. The van der Waals surface area contributed by atoms with Gasteiger partial charge in [0.25, 0.3) is 23.6 Å². The van der Waals surface area contributed by atoms with E-state index < -0.39 is 71.9 Å². The molecule has 6 N–H and O–H groups in total. The van der Waals surface area contributed by atoms with Gasteiger partial charge in [-0.1, -0.05) is 39.8 Å². The van der Waals surface area contributed by atoms with Crippen molar-refractivity contribution in [3.8, 4) is 0 Å². The third-order valence-electron chi connectivity index (χ3n) is 7.76. The maximum atomic E-state index is 13.5. The molecule has 282 valence electrons. The lowest BCUT2D eigenvalue weighted by molar-refractivity contribution is -0.142. The first-order valence-electron chi connectivity index (χ1n) is 16.7. The Hall–Kier alpha value is -6.23. The predicted octanol–water partition coefficient (Wildman–Crippen LogP) is 0.971. The molecule has 1 aliphatic rings. The van der Waals surface area contributed by atoms with Crippen LogP contribution in [0, 0.1) is 11.8 Å². The second-order valence-corrected chi connectivity index (χ2v) is 12.7. The molecule has 17 nitrogen and oxygen atoms in total. The number of nitrogens with one attached hydrogen (secondary N) is 6. The minimum Gasteiger partial charge on any atom is -0.461 e. The van der Waals surface area contributed by atoms with E-state index in [0.29, 0.717) is 17.5 Å². The average Bonchev–Trinajstić information content (AvgIpc) is 3.43. The van der Waals surface area contributed by atoms with Crippen molar-refractivity contribution in [3.63, 3.8) is 0 Å². The van der Waals surface area contributed by atoms with Gasteiger partial charge in [-0.05, 0) is 47.7 Å². The number of esters is 1. The number of hydrogen-bond acceptors (Lipinski definition) is 11. The second kappa shape index (κ2) is 19.4. The molecule has 7 amide bonds. The number of hydrogen-bond donors (Lipinski definition) is 6. The Morgan fingerprint density at radius 1 is 0.792 bits per heavy atom. The Morgan fingerprint density at radius 2 is 1.40 bits per heavy atom. The molecule has 1 aliphatic heterocycles. The molecule has 0 unspecified atom stereocenters. The smallest absolute Gasteiger partial charge is 0.302 e. The number of rotatable bonds is 18. The third kappa shape index (κ3) is 12.8. The zero-order valence-corrected chi connectivity index (χ0v) is 29.9. The molecule has 2 aromatic rings.